The van der Waals surface area contributed by atoms with E-state index in [0.717, 1.165) is 25.5 Å². The number of carbonyl (C=O) groups is 1. The molecule has 1 aliphatic carbocycles. The fraction of sp³-hybridized carbons (Fsp3) is 0.636. The number of aromatic amines is 1. The van der Waals surface area contributed by atoms with E-state index < -0.39 is 0 Å². The number of aromatic nitrogens is 2. The number of hydrogen-bond acceptors (Lipinski definition) is 3. The molecule has 1 saturated heterocycles. The van der Waals surface area contributed by atoms with Crippen molar-refractivity contribution in [2.24, 2.45) is 5.92 Å². The fourth-order valence-electron chi connectivity index (χ4n) is 1.84. The summed E-state index contributed by atoms with van der Waals surface area (Å²) < 4.78 is 0. The lowest BCUT2D eigenvalue weighted by atomic mass is 10.0. The first kappa shape index (κ1) is 15.3. The quantitative estimate of drug-likeness (QED) is 0.778. The van der Waals surface area contributed by atoms with Crippen LogP contribution in [0.5, 0.6) is 0 Å². The van der Waals surface area contributed by atoms with Gasteiger partial charge in [0.1, 0.15) is 11.5 Å². The van der Waals surface area contributed by atoms with E-state index >= 15 is 0 Å². The molecule has 3 rings (SSSR count). The Bertz CT molecular complexity index is 402. The first-order chi connectivity index (χ1) is 7.83. The maximum absolute atomic E-state index is 11.7. The Morgan fingerprint density at radius 1 is 1.39 bits per heavy atom. The third-order valence-corrected chi connectivity index (χ3v) is 3.22. The Morgan fingerprint density at radius 3 is 2.67 bits per heavy atom. The number of amides is 1. The van der Waals surface area contributed by atoms with Gasteiger partial charge in [-0.05, 0) is 12.8 Å². The highest BCUT2D eigenvalue weighted by molar-refractivity contribution is 5.92. The molecule has 0 radical (unpaired) electrons. The smallest absolute Gasteiger partial charge is 0.269 e. The molecule has 2 fully saturated rings. The molecule has 0 atom stereocenters. The van der Waals surface area contributed by atoms with Crippen LogP contribution in [0, 0.1) is 5.92 Å². The lowest BCUT2D eigenvalue weighted by Gasteiger charge is -2.26. The predicted molar refractivity (Wildman–Crippen MR) is 73.8 cm³/mol. The monoisotopic (exact) mass is 292 g/mol. The van der Waals surface area contributed by atoms with Crippen LogP contribution in [-0.4, -0.2) is 35.5 Å². The van der Waals surface area contributed by atoms with Crippen LogP contribution in [0.4, 0.5) is 0 Å². The summed E-state index contributed by atoms with van der Waals surface area (Å²) >= 11 is 0. The largest absolute Gasteiger partial charge is 0.350 e. The van der Waals surface area contributed by atoms with Crippen LogP contribution in [0.2, 0.25) is 0 Å². The van der Waals surface area contributed by atoms with Gasteiger partial charge in [-0.3, -0.25) is 4.79 Å². The SMILES string of the molecule is Cl.Cl.O=C(NCC1CNC1)c1cnc(C2CC2)[nH]1. The van der Waals surface area contributed by atoms with E-state index in [-0.39, 0.29) is 30.7 Å². The van der Waals surface area contributed by atoms with Crippen molar-refractivity contribution in [1.29, 1.82) is 0 Å². The minimum absolute atomic E-state index is 0. The highest BCUT2D eigenvalue weighted by Gasteiger charge is 2.27. The Hall–Kier alpha value is -0.780. The van der Waals surface area contributed by atoms with Crippen LogP contribution in [-0.2, 0) is 0 Å². The molecule has 7 heteroatoms. The van der Waals surface area contributed by atoms with E-state index in [4.69, 9.17) is 0 Å². The van der Waals surface area contributed by atoms with Crippen molar-refractivity contribution in [3.05, 3.63) is 17.7 Å². The van der Waals surface area contributed by atoms with E-state index in [1.165, 1.54) is 12.8 Å². The third-order valence-electron chi connectivity index (χ3n) is 3.22. The van der Waals surface area contributed by atoms with Gasteiger partial charge in [0, 0.05) is 31.5 Å². The highest BCUT2D eigenvalue weighted by atomic mass is 35.5. The second kappa shape index (κ2) is 6.41. The average Bonchev–Trinajstić information content (AvgIpc) is 2.94. The Labute approximate surface area is 118 Å². The molecule has 1 aromatic heterocycles. The van der Waals surface area contributed by atoms with Crippen LogP contribution < -0.4 is 10.6 Å². The molecular weight excluding hydrogens is 275 g/mol. The van der Waals surface area contributed by atoms with Gasteiger partial charge in [0.05, 0.1) is 6.20 Å². The van der Waals surface area contributed by atoms with Gasteiger partial charge in [-0.1, -0.05) is 0 Å². The van der Waals surface area contributed by atoms with Crippen LogP contribution in [0.1, 0.15) is 35.1 Å². The predicted octanol–water partition coefficient (Wildman–Crippen LogP) is 1.08. The summed E-state index contributed by atoms with van der Waals surface area (Å²) in [6, 6.07) is 0. The Balaban J connectivity index is 0.000000810. The number of halogens is 2. The Kier molecular flexibility index (Phi) is 5.44. The topological polar surface area (TPSA) is 69.8 Å². The number of H-pyrrole nitrogens is 1. The second-order valence-corrected chi connectivity index (χ2v) is 4.69. The number of imidazole rings is 1. The summed E-state index contributed by atoms with van der Waals surface area (Å²) in [5.41, 5.74) is 0.592. The maximum atomic E-state index is 11.7. The number of rotatable bonds is 4. The number of nitrogens with zero attached hydrogens (tertiary/aromatic N) is 1. The first-order valence-corrected chi connectivity index (χ1v) is 5.87. The standard InChI is InChI=1S/C11H16N4O.2ClH/c16-11(14-5-7-3-12-4-7)9-6-13-10(15-9)8-1-2-8;;/h6-8,12H,1-5H2,(H,13,15)(H,14,16);2*1H. The number of carbonyl (C=O) groups excluding carboxylic acids is 1. The van der Waals surface area contributed by atoms with Crippen molar-refractivity contribution >= 4 is 30.7 Å². The molecule has 0 spiro atoms. The summed E-state index contributed by atoms with van der Waals surface area (Å²) in [7, 11) is 0. The molecular formula is C11H18Cl2N4O. The minimum atomic E-state index is -0.0358. The second-order valence-electron chi connectivity index (χ2n) is 4.69. The average molecular weight is 293 g/mol. The van der Waals surface area contributed by atoms with E-state index in [9.17, 15) is 4.79 Å². The van der Waals surface area contributed by atoms with E-state index in [2.05, 4.69) is 20.6 Å². The molecule has 0 aromatic carbocycles. The fourth-order valence-corrected chi connectivity index (χ4v) is 1.84. The van der Waals surface area contributed by atoms with Crippen molar-refractivity contribution in [2.45, 2.75) is 18.8 Å². The zero-order chi connectivity index (χ0) is 11.0. The molecule has 2 aliphatic rings. The molecule has 102 valence electrons. The summed E-state index contributed by atoms with van der Waals surface area (Å²) in [5.74, 6) is 2.09. The van der Waals surface area contributed by atoms with E-state index in [1.54, 1.807) is 6.20 Å². The summed E-state index contributed by atoms with van der Waals surface area (Å²) in [6.07, 6.45) is 4.03. The minimum Gasteiger partial charge on any atom is -0.350 e. The third kappa shape index (κ3) is 3.37. The van der Waals surface area contributed by atoms with Gasteiger partial charge in [-0.2, -0.15) is 0 Å². The molecule has 1 amide bonds. The van der Waals surface area contributed by atoms with Gasteiger partial charge in [-0.15, -0.1) is 24.8 Å². The van der Waals surface area contributed by atoms with E-state index in [0.29, 0.717) is 17.5 Å². The zero-order valence-corrected chi connectivity index (χ0v) is 11.6. The van der Waals surface area contributed by atoms with Crippen LogP contribution in [0.25, 0.3) is 0 Å². The summed E-state index contributed by atoms with van der Waals surface area (Å²) in [4.78, 5) is 19.1. The molecule has 18 heavy (non-hydrogen) atoms. The van der Waals surface area contributed by atoms with Crippen molar-refractivity contribution in [1.82, 2.24) is 20.6 Å². The van der Waals surface area contributed by atoms with Crippen molar-refractivity contribution in [3.8, 4) is 0 Å². The first-order valence-electron chi connectivity index (χ1n) is 5.87. The molecule has 3 N–H and O–H groups in total. The molecule has 0 unspecified atom stereocenters. The van der Waals surface area contributed by atoms with Gasteiger partial charge in [0.25, 0.3) is 5.91 Å². The van der Waals surface area contributed by atoms with Gasteiger partial charge in [0.2, 0.25) is 0 Å². The lowest BCUT2D eigenvalue weighted by Crippen LogP contribution is -2.48. The number of nitrogens with one attached hydrogen (secondary N) is 3. The molecule has 2 heterocycles. The van der Waals surface area contributed by atoms with Gasteiger partial charge in [0.15, 0.2) is 0 Å². The van der Waals surface area contributed by atoms with Crippen LogP contribution in [0.3, 0.4) is 0 Å². The normalized spacial score (nSPS) is 18.2. The van der Waals surface area contributed by atoms with Crippen LogP contribution >= 0.6 is 24.8 Å². The Morgan fingerprint density at radius 2 is 2.11 bits per heavy atom. The van der Waals surface area contributed by atoms with Gasteiger partial charge < -0.3 is 15.6 Å². The lowest BCUT2D eigenvalue weighted by molar-refractivity contribution is 0.0937. The number of hydrogen-bond donors (Lipinski definition) is 3. The zero-order valence-electron chi connectivity index (χ0n) is 9.94. The molecule has 1 saturated carbocycles. The van der Waals surface area contributed by atoms with Crippen molar-refractivity contribution in [2.75, 3.05) is 19.6 Å². The van der Waals surface area contributed by atoms with E-state index in [1.807, 2.05) is 0 Å². The van der Waals surface area contributed by atoms with Crippen molar-refractivity contribution < 1.29 is 4.79 Å². The van der Waals surface area contributed by atoms with Crippen molar-refractivity contribution in [3.63, 3.8) is 0 Å². The van der Waals surface area contributed by atoms with Gasteiger partial charge in [-0.25, -0.2) is 4.98 Å². The highest BCUT2D eigenvalue weighted by Crippen LogP contribution is 2.37. The van der Waals surface area contributed by atoms with Gasteiger partial charge >= 0.3 is 0 Å². The molecule has 1 aliphatic heterocycles. The summed E-state index contributed by atoms with van der Waals surface area (Å²) in [5, 5.41) is 6.10. The molecule has 0 bridgehead atoms. The molecule has 1 aromatic rings. The summed E-state index contributed by atoms with van der Waals surface area (Å²) in [6.45, 7) is 2.77. The maximum Gasteiger partial charge on any atom is 0.269 e. The molecule has 5 nitrogen and oxygen atoms in total. The van der Waals surface area contributed by atoms with Crippen LogP contribution in [0.15, 0.2) is 6.20 Å².